The number of amides is 1. The fraction of sp³-hybridized carbons (Fsp3) is 0.909. The lowest BCUT2D eigenvalue weighted by Gasteiger charge is -2.28. The molecule has 1 saturated carbocycles. The fourth-order valence-corrected chi connectivity index (χ4v) is 2.63. The monoisotopic (exact) mass is 264 g/mol. The molecule has 0 aromatic rings. The van der Waals surface area contributed by atoms with Gasteiger partial charge >= 0.3 is 0 Å². The van der Waals surface area contributed by atoms with Crippen molar-refractivity contribution >= 4 is 30.1 Å². The van der Waals surface area contributed by atoms with Gasteiger partial charge in [-0.05, 0) is 32.1 Å². The second-order valence-corrected chi connectivity index (χ2v) is 5.41. The van der Waals surface area contributed by atoms with E-state index in [0.717, 1.165) is 25.3 Å². The molecular formula is C11H21ClN2OS. The van der Waals surface area contributed by atoms with Gasteiger partial charge in [-0.3, -0.25) is 4.79 Å². The van der Waals surface area contributed by atoms with Gasteiger partial charge in [0.05, 0.1) is 0 Å². The maximum atomic E-state index is 12.1. The zero-order valence-electron chi connectivity index (χ0n) is 9.78. The largest absolute Gasteiger partial charge is 0.335 e. The van der Waals surface area contributed by atoms with E-state index < -0.39 is 0 Å². The Morgan fingerprint density at radius 1 is 1.38 bits per heavy atom. The fourth-order valence-electron chi connectivity index (χ4n) is 2.25. The molecule has 16 heavy (non-hydrogen) atoms. The third kappa shape index (κ3) is 3.54. The van der Waals surface area contributed by atoms with Gasteiger partial charge in [-0.25, -0.2) is 0 Å². The molecule has 1 saturated heterocycles. The minimum Gasteiger partial charge on any atom is -0.335 e. The number of hydrogen-bond acceptors (Lipinski definition) is 3. The van der Waals surface area contributed by atoms with E-state index in [1.54, 1.807) is 11.8 Å². The summed E-state index contributed by atoms with van der Waals surface area (Å²) in [6, 6.07) is 1.05. The molecule has 3 nitrogen and oxygen atoms in total. The van der Waals surface area contributed by atoms with E-state index >= 15 is 0 Å². The van der Waals surface area contributed by atoms with E-state index in [-0.39, 0.29) is 12.4 Å². The number of nitrogens with one attached hydrogen (secondary N) is 1. The Labute approximate surface area is 108 Å². The van der Waals surface area contributed by atoms with Gasteiger partial charge in [0.2, 0.25) is 5.91 Å². The molecule has 0 radical (unpaired) electrons. The zero-order valence-corrected chi connectivity index (χ0v) is 11.4. The number of hydrogen-bond donors (Lipinski definition) is 1. The minimum atomic E-state index is 0. The Morgan fingerprint density at radius 2 is 2.12 bits per heavy atom. The van der Waals surface area contributed by atoms with E-state index in [0.29, 0.717) is 24.4 Å². The molecule has 5 heteroatoms. The molecule has 1 N–H and O–H groups in total. The molecule has 1 atom stereocenters. The van der Waals surface area contributed by atoms with E-state index in [1.165, 1.54) is 12.8 Å². The molecule has 1 aliphatic carbocycles. The normalized spacial score (nSPS) is 23.9. The van der Waals surface area contributed by atoms with Gasteiger partial charge in [0.25, 0.3) is 0 Å². The van der Waals surface area contributed by atoms with E-state index in [1.807, 2.05) is 0 Å². The molecule has 0 aromatic heterocycles. The SMILES string of the molecule is CSCCC(=O)N(C1CC1)C1CCNC1.Cl. The molecule has 1 amide bonds. The Bertz CT molecular complexity index is 230. The second kappa shape index (κ2) is 6.72. The van der Waals surface area contributed by atoms with Crippen LogP contribution in [-0.2, 0) is 4.79 Å². The summed E-state index contributed by atoms with van der Waals surface area (Å²) in [5.41, 5.74) is 0. The van der Waals surface area contributed by atoms with Crippen molar-refractivity contribution in [1.82, 2.24) is 10.2 Å². The van der Waals surface area contributed by atoms with Crippen LogP contribution in [0.1, 0.15) is 25.7 Å². The van der Waals surface area contributed by atoms with E-state index in [2.05, 4.69) is 16.5 Å². The van der Waals surface area contributed by atoms with Crippen LogP contribution >= 0.6 is 24.2 Å². The third-order valence-electron chi connectivity index (χ3n) is 3.18. The van der Waals surface area contributed by atoms with Gasteiger partial charge < -0.3 is 10.2 Å². The molecule has 2 fully saturated rings. The molecule has 1 heterocycles. The van der Waals surface area contributed by atoms with Gasteiger partial charge in [0.15, 0.2) is 0 Å². The van der Waals surface area contributed by atoms with Crippen LogP contribution in [0.4, 0.5) is 0 Å². The first-order valence-electron chi connectivity index (χ1n) is 5.83. The van der Waals surface area contributed by atoms with Crippen LogP contribution in [0.25, 0.3) is 0 Å². The Balaban J connectivity index is 0.00000128. The van der Waals surface area contributed by atoms with Crippen LogP contribution in [0.5, 0.6) is 0 Å². The van der Waals surface area contributed by atoms with Crippen LogP contribution < -0.4 is 5.32 Å². The van der Waals surface area contributed by atoms with Crippen molar-refractivity contribution in [1.29, 1.82) is 0 Å². The predicted molar refractivity (Wildman–Crippen MR) is 71.4 cm³/mol. The standard InChI is InChI=1S/C11H20N2OS.ClH/c1-15-7-5-11(14)13(9-2-3-9)10-4-6-12-8-10;/h9-10,12H,2-8H2,1H3;1H. The molecular weight excluding hydrogens is 244 g/mol. The topological polar surface area (TPSA) is 32.3 Å². The van der Waals surface area contributed by atoms with Gasteiger partial charge in [-0.1, -0.05) is 0 Å². The lowest BCUT2D eigenvalue weighted by Crippen LogP contribution is -2.43. The predicted octanol–water partition coefficient (Wildman–Crippen LogP) is 1.51. The number of nitrogens with zero attached hydrogens (tertiary/aromatic N) is 1. The summed E-state index contributed by atoms with van der Waals surface area (Å²) in [6.45, 7) is 2.07. The highest BCUT2D eigenvalue weighted by atomic mass is 35.5. The third-order valence-corrected chi connectivity index (χ3v) is 3.79. The number of rotatable bonds is 5. The first-order chi connectivity index (χ1) is 7.33. The summed E-state index contributed by atoms with van der Waals surface area (Å²) in [6.07, 6.45) is 6.37. The van der Waals surface area contributed by atoms with Gasteiger partial charge in [0.1, 0.15) is 0 Å². The van der Waals surface area contributed by atoms with Crippen molar-refractivity contribution in [2.75, 3.05) is 25.1 Å². The van der Waals surface area contributed by atoms with Crippen LogP contribution in [0.3, 0.4) is 0 Å². The van der Waals surface area contributed by atoms with Crippen LogP contribution in [0.2, 0.25) is 0 Å². The number of thioether (sulfide) groups is 1. The summed E-state index contributed by atoms with van der Waals surface area (Å²) < 4.78 is 0. The molecule has 0 aromatic carbocycles. The Morgan fingerprint density at radius 3 is 2.62 bits per heavy atom. The molecule has 94 valence electrons. The number of halogens is 1. The molecule has 0 bridgehead atoms. The van der Waals surface area contributed by atoms with Gasteiger partial charge in [-0.2, -0.15) is 11.8 Å². The zero-order chi connectivity index (χ0) is 10.7. The van der Waals surface area contributed by atoms with Crippen LogP contribution in [0, 0.1) is 0 Å². The van der Waals surface area contributed by atoms with Crippen molar-refractivity contribution in [3.63, 3.8) is 0 Å². The smallest absolute Gasteiger partial charge is 0.223 e. The summed E-state index contributed by atoms with van der Waals surface area (Å²) in [7, 11) is 0. The summed E-state index contributed by atoms with van der Waals surface area (Å²) >= 11 is 1.76. The van der Waals surface area contributed by atoms with Crippen molar-refractivity contribution in [3.05, 3.63) is 0 Å². The Kier molecular flexibility index (Phi) is 5.94. The number of carbonyl (C=O) groups excluding carboxylic acids is 1. The van der Waals surface area contributed by atoms with Gasteiger partial charge in [-0.15, -0.1) is 12.4 Å². The average Bonchev–Trinajstić information content (AvgIpc) is 2.91. The highest BCUT2D eigenvalue weighted by Gasteiger charge is 2.37. The molecule has 1 aliphatic heterocycles. The summed E-state index contributed by atoms with van der Waals surface area (Å²) in [5.74, 6) is 1.34. The lowest BCUT2D eigenvalue weighted by molar-refractivity contribution is -0.133. The van der Waals surface area contributed by atoms with Crippen molar-refractivity contribution in [3.8, 4) is 0 Å². The molecule has 2 rings (SSSR count). The quantitative estimate of drug-likeness (QED) is 0.817. The average molecular weight is 265 g/mol. The number of carbonyl (C=O) groups is 1. The molecule has 0 spiro atoms. The van der Waals surface area contributed by atoms with E-state index in [4.69, 9.17) is 0 Å². The first kappa shape index (κ1) is 14.1. The summed E-state index contributed by atoms with van der Waals surface area (Å²) in [4.78, 5) is 14.2. The molecule has 2 aliphatic rings. The van der Waals surface area contributed by atoms with Crippen molar-refractivity contribution in [2.45, 2.75) is 37.8 Å². The minimum absolute atomic E-state index is 0. The van der Waals surface area contributed by atoms with E-state index in [9.17, 15) is 4.79 Å². The maximum absolute atomic E-state index is 12.1. The van der Waals surface area contributed by atoms with Crippen molar-refractivity contribution < 1.29 is 4.79 Å². The van der Waals surface area contributed by atoms with Gasteiger partial charge in [0, 0.05) is 30.8 Å². The van der Waals surface area contributed by atoms with Crippen LogP contribution in [-0.4, -0.2) is 48.0 Å². The first-order valence-corrected chi connectivity index (χ1v) is 7.23. The van der Waals surface area contributed by atoms with Crippen LogP contribution in [0.15, 0.2) is 0 Å². The lowest BCUT2D eigenvalue weighted by atomic mass is 10.2. The highest BCUT2D eigenvalue weighted by Crippen LogP contribution is 2.30. The Hall–Kier alpha value is 0.0700. The highest BCUT2D eigenvalue weighted by molar-refractivity contribution is 7.98. The maximum Gasteiger partial charge on any atom is 0.223 e. The molecule has 1 unspecified atom stereocenters. The second-order valence-electron chi connectivity index (χ2n) is 4.42. The summed E-state index contributed by atoms with van der Waals surface area (Å²) in [5, 5.41) is 3.35. The van der Waals surface area contributed by atoms with Crippen molar-refractivity contribution in [2.24, 2.45) is 0 Å².